The second-order valence-corrected chi connectivity index (χ2v) is 4.51. The van der Waals surface area contributed by atoms with E-state index in [-0.39, 0.29) is 0 Å². The average Bonchev–Trinajstić information content (AvgIpc) is 1.14. The van der Waals surface area contributed by atoms with Crippen molar-refractivity contribution in [2.45, 2.75) is 19.4 Å². The van der Waals surface area contributed by atoms with Crippen LogP contribution in [-0.4, -0.2) is 20.2 Å². The zero-order valence-corrected chi connectivity index (χ0v) is 6.75. The lowest BCUT2D eigenvalue weighted by Crippen LogP contribution is -2.39. The molecule has 0 spiro atoms. The lowest BCUT2D eigenvalue weighted by atomic mass is 10.1. The Hall–Kier alpha value is -0.0900. The fraction of sp³-hybridized carbons (Fsp3) is 0.800. The highest BCUT2D eigenvalue weighted by atomic mass is 32.2. The molecule has 4 heteroatoms. The molecule has 1 N–H and O–H groups in total. The van der Waals surface area contributed by atoms with E-state index in [1.807, 2.05) is 0 Å². The van der Waals surface area contributed by atoms with E-state index in [4.69, 9.17) is 0 Å². The van der Waals surface area contributed by atoms with Crippen LogP contribution < -0.4 is 4.72 Å². The molecule has 0 aliphatic carbocycles. The summed E-state index contributed by atoms with van der Waals surface area (Å²) in [5.41, 5.74) is -0.604. The third kappa shape index (κ3) is 7.91. The molecular weight excluding hydrogens is 138 g/mol. The summed E-state index contributed by atoms with van der Waals surface area (Å²) < 4.78 is 23.3. The molecule has 0 rings (SSSR count). The summed E-state index contributed by atoms with van der Waals surface area (Å²) in [4.78, 5) is 0. The number of sulfonamides is 1. The van der Waals surface area contributed by atoms with Crippen LogP contribution in [0.4, 0.5) is 0 Å². The normalized spacial score (nSPS) is 13.8. The SMILES string of the molecule is [CH2]C(C)(C)NS(C)(=O)=O. The summed E-state index contributed by atoms with van der Waals surface area (Å²) in [6.45, 7) is 6.94. The van der Waals surface area contributed by atoms with Gasteiger partial charge in [0.05, 0.1) is 6.26 Å². The molecule has 0 aliphatic heterocycles. The lowest BCUT2D eigenvalue weighted by molar-refractivity contribution is 0.532. The van der Waals surface area contributed by atoms with Crippen LogP contribution >= 0.6 is 0 Å². The second kappa shape index (κ2) is 2.27. The Morgan fingerprint density at radius 1 is 1.44 bits per heavy atom. The maximum Gasteiger partial charge on any atom is 0.209 e. The first-order valence-electron chi connectivity index (χ1n) is 2.55. The molecule has 0 unspecified atom stereocenters. The zero-order chi connectivity index (χ0) is 7.71. The Morgan fingerprint density at radius 2 is 1.78 bits per heavy atom. The largest absolute Gasteiger partial charge is 0.213 e. The van der Waals surface area contributed by atoms with Gasteiger partial charge in [-0.2, -0.15) is 0 Å². The molecule has 0 aromatic heterocycles. The van der Waals surface area contributed by atoms with Crippen LogP contribution in [0, 0.1) is 6.92 Å². The Kier molecular flexibility index (Phi) is 2.24. The highest BCUT2D eigenvalue weighted by Crippen LogP contribution is 1.98. The monoisotopic (exact) mass is 150 g/mol. The molecule has 0 amide bonds. The van der Waals surface area contributed by atoms with Crippen LogP contribution in [0.25, 0.3) is 0 Å². The molecule has 3 nitrogen and oxygen atoms in total. The smallest absolute Gasteiger partial charge is 0.209 e. The van der Waals surface area contributed by atoms with Gasteiger partial charge in [0.2, 0.25) is 10.0 Å². The van der Waals surface area contributed by atoms with E-state index in [0.29, 0.717) is 0 Å². The first kappa shape index (κ1) is 8.91. The minimum Gasteiger partial charge on any atom is -0.213 e. The van der Waals surface area contributed by atoms with E-state index in [1.165, 1.54) is 0 Å². The Morgan fingerprint density at radius 3 is 1.78 bits per heavy atom. The minimum absolute atomic E-state index is 0.604. The number of nitrogens with one attached hydrogen (secondary N) is 1. The van der Waals surface area contributed by atoms with Crippen LogP contribution in [-0.2, 0) is 10.0 Å². The van der Waals surface area contributed by atoms with Gasteiger partial charge < -0.3 is 0 Å². The summed E-state index contributed by atoms with van der Waals surface area (Å²) in [7, 11) is -3.09. The van der Waals surface area contributed by atoms with E-state index in [2.05, 4.69) is 11.6 Å². The fourth-order valence-corrected chi connectivity index (χ4v) is 1.51. The standard InChI is InChI=1S/C5H12NO2S/c1-5(2,3)6-9(4,7)8/h6H,1H2,2-4H3. The van der Waals surface area contributed by atoms with Crippen LogP contribution in [0.15, 0.2) is 0 Å². The van der Waals surface area contributed by atoms with Crippen molar-refractivity contribution in [2.75, 3.05) is 6.26 Å². The molecule has 0 heterocycles. The Labute approximate surface area is 56.5 Å². The first-order chi connectivity index (χ1) is 3.71. The maximum atomic E-state index is 10.5. The van der Waals surface area contributed by atoms with Gasteiger partial charge in [0.15, 0.2) is 0 Å². The van der Waals surface area contributed by atoms with Gasteiger partial charge in [-0.05, 0) is 20.8 Å². The number of hydrogen-bond donors (Lipinski definition) is 1. The van der Waals surface area contributed by atoms with E-state index in [1.54, 1.807) is 13.8 Å². The molecule has 0 saturated heterocycles. The lowest BCUT2D eigenvalue weighted by Gasteiger charge is -2.17. The van der Waals surface area contributed by atoms with Crippen molar-refractivity contribution >= 4 is 10.0 Å². The molecule has 0 fully saturated rings. The third-order valence-corrected chi connectivity index (χ3v) is 1.39. The van der Waals surface area contributed by atoms with Crippen molar-refractivity contribution in [3.8, 4) is 0 Å². The molecule has 0 aromatic carbocycles. The molecule has 0 atom stereocenters. The van der Waals surface area contributed by atoms with Crippen molar-refractivity contribution < 1.29 is 8.42 Å². The van der Waals surface area contributed by atoms with Gasteiger partial charge in [0, 0.05) is 5.54 Å². The number of hydrogen-bond acceptors (Lipinski definition) is 2. The quantitative estimate of drug-likeness (QED) is 0.609. The Balaban J connectivity index is 4.07. The second-order valence-electron chi connectivity index (χ2n) is 2.76. The van der Waals surface area contributed by atoms with Crippen molar-refractivity contribution in [3.63, 3.8) is 0 Å². The van der Waals surface area contributed by atoms with Crippen LogP contribution in [0.1, 0.15) is 13.8 Å². The highest BCUT2D eigenvalue weighted by Gasteiger charge is 2.14. The Bertz CT molecular complexity index is 176. The van der Waals surface area contributed by atoms with E-state index in [9.17, 15) is 8.42 Å². The molecule has 1 radical (unpaired) electrons. The van der Waals surface area contributed by atoms with Gasteiger partial charge in [0.25, 0.3) is 0 Å². The predicted octanol–water partition coefficient (Wildman–Crippen LogP) is 0.148. The molecule has 0 aliphatic rings. The van der Waals surface area contributed by atoms with E-state index in [0.717, 1.165) is 6.26 Å². The van der Waals surface area contributed by atoms with Gasteiger partial charge in [-0.25, -0.2) is 13.1 Å². The summed E-state index contributed by atoms with van der Waals surface area (Å²) in [6, 6.07) is 0. The molecular formula is C5H12NO2S. The summed E-state index contributed by atoms with van der Waals surface area (Å²) in [5, 5.41) is 0. The number of rotatable bonds is 2. The fourth-order valence-electron chi connectivity index (χ4n) is 0.502. The summed E-state index contributed by atoms with van der Waals surface area (Å²) in [5.74, 6) is 0. The van der Waals surface area contributed by atoms with Crippen molar-refractivity contribution in [3.05, 3.63) is 6.92 Å². The molecule has 0 saturated carbocycles. The van der Waals surface area contributed by atoms with Gasteiger partial charge in [0.1, 0.15) is 0 Å². The predicted molar refractivity (Wildman–Crippen MR) is 37.4 cm³/mol. The van der Waals surface area contributed by atoms with Crippen molar-refractivity contribution in [1.82, 2.24) is 4.72 Å². The summed E-state index contributed by atoms with van der Waals surface area (Å²) in [6.07, 6.45) is 1.11. The molecule has 9 heavy (non-hydrogen) atoms. The van der Waals surface area contributed by atoms with Gasteiger partial charge >= 0.3 is 0 Å². The van der Waals surface area contributed by atoms with Gasteiger partial charge in [-0.3, -0.25) is 0 Å². The van der Waals surface area contributed by atoms with Gasteiger partial charge in [-0.15, -0.1) is 0 Å². The highest BCUT2D eigenvalue weighted by molar-refractivity contribution is 7.88. The average molecular weight is 150 g/mol. The van der Waals surface area contributed by atoms with E-state index < -0.39 is 15.6 Å². The third-order valence-electron chi connectivity index (χ3n) is 0.462. The topological polar surface area (TPSA) is 46.2 Å². The van der Waals surface area contributed by atoms with Crippen LogP contribution in [0.5, 0.6) is 0 Å². The first-order valence-corrected chi connectivity index (χ1v) is 4.44. The van der Waals surface area contributed by atoms with Crippen LogP contribution in [0.2, 0.25) is 0 Å². The molecule has 55 valence electrons. The summed E-state index contributed by atoms with van der Waals surface area (Å²) >= 11 is 0. The van der Waals surface area contributed by atoms with E-state index >= 15 is 0 Å². The zero-order valence-electron chi connectivity index (χ0n) is 5.93. The minimum atomic E-state index is -3.09. The van der Waals surface area contributed by atoms with Gasteiger partial charge in [-0.1, -0.05) is 0 Å². The maximum absolute atomic E-state index is 10.5. The molecule has 0 bridgehead atoms. The molecule has 0 aromatic rings. The van der Waals surface area contributed by atoms with Crippen LogP contribution in [0.3, 0.4) is 0 Å². The van der Waals surface area contributed by atoms with Crippen molar-refractivity contribution in [1.29, 1.82) is 0 Å². The van der Waals surface area contributed by atoms with Crippen molar-refractivity contribution in [2.24, 2.45) is 0 Å².